The van der Waals surface area contributed by atoms with Gasteiger partial charge in [0, 0.05) is 5.39 Å². The molecule has 0 saturated carbocycles. The molecule has 0 aliphatic rings. The minimum Gasteiger partial charge on any atom is -0.460 e. The minimum atomic E-state index is -0.830. The average Bonchev–Trinajstić information content (AvgIpc) is 2.86. The fourth-order valence-corrected chi connectivity index (χ4v) is 2.91. The van der Waals surface area contributed by atoms with Crippen LogP contribution >= 0.6 is 15.9 Å². The van der Waals surface area contributed by atoms with Crippen LogP contribution in [0, 0.1) is 18.6 Å². The quantitative estimate of drug-likeness (QED) is 0.552. The van der Waals surface area contributed by atoms with Gasteiger partial charge in [0.25, 0.3) is 0 Å². The maximum absolute atomic E-state index is 13.2. The van der Waals surface area contributed by atoms with E-state index in [0.717, 1.165) is 22.8 Å². The Kier molecular flexibility index (Phi) is 3.81. The second-order valence-electron chi connectivity index (χ2n) is 5.11. The smallest absolute Gasteiger partial charge is 0.159 e. The molecule has 1 aromatic heterocycles. The molecule has 0 bridgehead atoms. The third-order valence-corrected chi connectivity index (χ3v) is 4.17. The SMILES string of the molecule is Cc1ccc2oc(C(Br)Cc3ccc(F)c(F)c3)cc2c1. The first-order valence-electron chi connectivity index (χ1n) is 6.61. The molecule has 4 heteroatoms. The summed E-state index contributed by atoms with van der Waals surface area (Å²) in [6.45, 7) is 2.03. The highest BCUT2D eigenvalue weighted by Crippen LogP contribution is 2.32. The van der Waals surface area contributed by atoms with Gasteiger partial charge in [0.05, 0.1) is 4.83 Å². The highest BCUT2D eigenvalue weighted by Gasteiger charge is 2.15. The van der Waals surface area contributed by atoms with Gasteiger partial charge in [0.2, 0.25) is 0 Å². The first kappa shape index (κ1) is 14.3. The molecule has 0 radical (unpaired) electrons. The predicted molar refractivity (Wildman–Crippen MR) is 82.7 cm³/mol. The molecule has 0 aliphatic carbocycles. The van der Waals surface area contributed by atoms with Crippen LogP contribution in [0.5, 0.6) is 0 Å². The fraction of sp³-hybridized carbons (Fsp3) is 0.176. The summed E-state index contributed by atoms with van der Waals surface area (Å²) >= 11 is 3.55. The van der Waals surface area contributed by atoms with E-state index in [1.807, 2.05) is 25.1 Å². The molecule has 0 fully saturated rings. The molecule has 0 amide bonds. The van der Waals surface area contributed by atoms with Gasteiger partial charge in [-0.3, -0.25) is 0 Å². The van der Waals surface area contributed by atoms with Gasteiger partial charge in [-0.1, -0.05) is 33.6 Å². The summed E-state index contributed by atoms with van der Waals surface area (Å²) in [5.41, 5.74) is 2.71. The summed E-state index contributed by atoms with van der Waals surface area (Å²) in [6.07, 6.45) is 0.524. The van der Waals surface area contributed by atoms with Crippen molar-refractivity contribution in [3.05, 3.63) is 71.0 Å². The number of aryl methyl sites for hydroxylation is 1. The number of rotatable bonds is 3. The maximum Gasteiger partial charge on any atom is 0.159 e. The van der Waals surface area contributed by atoms with Gasteiger partial charge in [-0.15, -0.1) is 0 Å². The Morgan fingerprint density at radius 3 is 2.62 bits per heavy atom. The maximum atomic E-state index is 13.2. The summed E-state index contributed by atoms with van der Waals surface area (Å²) < 4.78 is 32.0. The van der Waals surface area contributed by atoms with E-state index in [4.69, 9.17) is 4.42 Å². The number of alkyl halides is 1. The van der Waals surface area contributed by atoms with E-state index in [-0.39, 0.29) is 4.83 Å². The van der Waals surface area contributed by atoms with E-state index in [1.54, 1.807) is 6.07 Å². The van der Waals surface area contributed by atoms with E-state index in [9.17, 15) is 8.78 Å². The van der Waals surface area contributed by atoms with Crippen molar-refractivity contribution in [3.8, 4) is 0 Å². The van der Waals surface area contributed by atoms with Crippen molar-refractivity contribution in [3.63, 3.8) is 0 Å². The van der Waals surface area contributed by atoms with Crippen molar-refractivity contribution in [2.75, 3.05) is 0 Å². The Labute approximate surface area is 129 Å². The lowest BCUT2D eigenvalue weighted by molar-refractivity contribution is 0.506. The van der Waals surface area contributed by atoms with Crippen LogP contribution in [0.15, 0.2) is 46.9 Å². The molecule has 0 aliphatic heterocycles. The Balaban J connectivity index is 1.85. The molecular formula is C17H13BrF2O. The molecule has 2 aromatic carbocycles. The van der Waals surface area contributed by atoms with Gasteiger partial charge < -0.3 is 4.42 Å². The van der Waals surface area contributed by atoms with Crippen molar-refractivity contribution in [1.82, 2.24) is 0 Å². The Morgan fingerprint density at radius 2 is 1.86 bits per heavy atom. The summed E-state index contributed by atoms with van der Waals surface area (Å²) in [5, 5.41) is 1.04. The van der Waals surface area contributed by atoms with Crippen molar-refractivity contribution in [1.29, 1.82) is 0 Å². The number of furan rings is 1. The molecule has 0 saturated heterocycles. The zero-order valence-electron chi connectivity index (χ0n) is 11.4. The summed E-state index contributed by atoms with van der Waals surface area (Å²) in [6, 6.07) is 11.9. The molecule has 21 heavy (non-hydrogen) atoms. The van der Waals surface area contributed by atoms with Crippen LogP contribution < -0.4 is 0 Å². The van der Waals surface area contributed by atoms with Crippen molar-refractivity contribution < 1.29 is 13.2 Å². The highest BCUT2D eigenvalue weighted by atomic mass is 79.9. The monoisotopic (exact) mass is 350 g/mol. The van der Waals surface area contributed by atoms with E-state index in [0.29, 0.717) is 12.0 Å². The van der Waals surface area contributed by atoms with Crippen molar-refractivity contribution >= 4 is 26.9 Å². The first-order valence-corrected chi connectivity index (χ1v) is 7.52. The lowest BCUT2D eigenvalue weighted by Gasteiger charge is -2.07. The van der Waals surface area contributed by atoms with Gasteiger partial charge in [-0.25, -0.2) is 8.78 Å². The lowest BCUT2D eigenvalue weighted by Crippen LogP contribution is -1.95. The average molecular weight is 351 g/mol. The molecule has 0 N–H and O–H groups in total. The largest absolute Gasteiger partial charge is 0.460 e. The number of benzene rings is 2. The third-order valence-electron chi connectivity index (χ3n) is 3.40. The summed E-state index contributed by atoms with van der Waals surface area (Å²) in [7, 11) is 0. The molecule has 3 rings (SSSR count). The second-order valence-corrected chi connectivity index (χ2v) is 6.22. The number of halogens is 3. The van der Waals surface area contributed by atoms with Gasteiger partial charge in [-0.05, 0) is 49.2 Å². The van der Waals surface area contributed by atoms with E-state index < -0.39 is 11.6 Å². The number of hydrogen-bond acceptors (Lipinski definition) is 1. The van der Waals surface area contributed by atoms with E-state index in [2.05, 4.69) is 22.0 Å². The molecule has 3 aromatic rings. The number of fused-ring (bicyclic) bond motifs is 1. The van der Waals surface area contributed by atoms with Crippen LogP contribution in [0.25, 0.3) is 11.0 Å². The minimum absolute atomic E-state index is 0.0879. The summed E-state index contributed by atoms with van der Waals surface area (Å²) in [4.78, 5) is -0.0879. The molecule has 1 nitrogen and oxygen atoms in total. The van der Waals surface area contributed by atoms with Crippen molar-refractivity contribution in [2.24, 2.45) is 0 Å². The normalized spacial score (nSPS) is 12.8. The highest BCUT2D eigenvalue weighted by molar-refractivity contribution is 9.09. The topological polar surface area (TPSA) is 13.1 Å². The third kappa shape index (κ3) is 3.00. The molecule has 1 heterocycles. The van der Waals surface area contributed by atoms with Gasteiger partial charge in [-0.2, -0.15) is 0 Å². The van der Waals surface area contributed by atoms with Crippen LogP contribution in [-0.2, 0) is 6.42 Å². The van der Waals surface area contributed by atoms with Gasteiger partial charge in [0.1, 0.15) is 11.3 Å². The van der Waals surface area contributed by atoms with E-state index in [1.165, 1.54) is 11.6 Å². The molecule has 1 unspecified atom stereocenters. The Hall–Kier alpha value is -1.68. The van der Waals surface area contributed by atoms with Crippen LogP contribution in [0.2, 0.25) is 0 Å². The Morgan fingerprint density at radius 1 is 1.05 bits per heavy atom. The fourth-order valence-electron chi connectivity index (χ4n) is 2.31. The standard InChI is InChI=1S/C17H13BrF2O/c1-10-2-5-16-12(6-10)9-17(21-16)13(18)7-11-3-4-14(19)15(20)8-11/h2-6,8-9,13H,7H2,1H3. The van der Waals surface area contributed by atoms with Crippen molar-refractivity contribution in [2.45, 2.75) is 18.2 Å². The first-order chi connectivity index (χ1) is 10.0. The van der Waals surface area contributed by atoms with Gasteiger partial charge >= 0.3 is 0 Å². The summed E-state index contributed by atoms with van der Waals surface area (Å²) in [5.74, 6) is -0.878. The van der Waals surface area contributed by atoms with Crippen LogP contribution in [0.1, 0.15) is 21.7 Å². The second kappa shape index (κ2) is 5.60. The Bertz CT molecular complexity index is 795. The number of hydrogen-bond donors (Lipinski definition) is 0. The van der Waals surface area contributed by atoms with Crippen LogP contribution in [0.3, 0.4) is 0 Å². The van der Waals surface area contributed by atoms with Gasteiger partial charge in [0.15, 0.2) is 11.6 Å². The molecular weight excluding hydrogens is 338 g/mol. The molecule has 108 valence electrons. The zero-order chi connectivity index (χ0) is 15.0. The zero-order valence-corrected chi connectivity index (χ0v) is 13.0. The van der Waals surface area contributed by atoms with E-state index >= 15 is 0 Å². The van der Waals surface area contributed by atoms with Crippen LogP contribution in [0.4, 0.5) is 8.78 Å². The molecule has 0 spiro atoms. The lowest BCUT2D eigenvalue weighted by atomic mass is 10.1. The molecule has 1 atom stereocenters. The predicted octanol–water partition coefficient (Wildman–Crippen LogP) is 5.70. The van der Waals surface area contributed by atoms with Crippen LogP contribution in [-0.4, -0.2) is 0 Å².